The number of phenols is 1. The summed E-state index contributed by atoms with van der Waals surface area (Å²) in [4.78, 5) is 2.48. The summed E-state index contributed by atoms with van der Waals surface area (Å²) in [6, 6.07) is 5.90. The number of nitriles is 1. The van der Waals surface area contributed by atoms with Crippen molar-refractivity contribution in [2.75, 3.05) is 26.2 Å². The predicted molar refractivity (Wildman–Crippen MR) is 104 cm³/mol. The number of hydrogen-bond donors (Lipinski definition) is 2. The molecule has 1 aromatic carbocycles. The fourth-order valence-corrected chi connectivity index (χ4v) is 4.46. The molecule has 1 aromatic rings. The molecule has 2 fully saturated rings. The van der Waals surface area contributed by atoms with Gasteiger partial charge >= 0.3 is 0 Å². The largest absolute Gasteiger partial charge is 0.506 e. The van der Waals surface area contributed by atoms with E-state index in [1.165, 1.54) is 25.7 Å². The van der Waals surface area contributed by atoms with Crippen molar-refractivity contribution in [3.63, 3.8) is 0 Å². The molecule has 0 aromatic heterocycles. The van der Waals surface area contributed by atoms with Gasteiger partial charge in [0.1, 0.15) is 11.8 Å². The Labute approximate surface area is 164 Å². The highest BCUT2D eigenvalue weighted by molar-refractivity contribution is 9.10. The van der Waals surface area contributed by atoms with Crippen LogP contribution in [0, 0.1) is 17.2 Å². The van der Waals surface area contributed by atoms with E-state index in [9.17, 15) is 10.4 Å². The van der Waals surface area contributed by atoms with Crippen molar-refractivity contribution < 1.29 is 5.11 Å². The van der Waals surface area contributed by atoms with Gasteiger partial charge < -0.3 is 10.4 Å². The first-order chi connectivity index (χ1) is 10.7. The van der Waals surface area contributed by atoms with Gasteiger partial charge in [0.2, 0.25) is 0 Å². The van der Waals surface area contributed by atoms with Gasteiger partial charge in [0.25, 0.3) is 0 Å². The quantitative estimate of drug-likeness (QED) is 0.751. The first-order valence-electron chi connectivity index (χ1n) is 8.08. The fourth-order valence-electron chi connectivity index (χ4n) is 3.90. The van der Waals surface area contributed by atoms with Crippen LogP contribution in [0.3, 0.4) is 0 Å². The molecule has 4 nitrogen and oxygen atoms in total. The smallest absolute Gasteiger partial charge is 0.139 e. The van der Waals surface area contributed by atoms with Crippen LogP contribution in [0.15, 0.2) is 16.6 Å². The summed E-state index contributed by atoms with van der Waals surface area (Å²) in [7, 11) is 0. The number of hydrogen-bond acceptors (Lipinski definition) is 4. The topological polar surface area (TPSA) is 59.3 Å². The highest BCUT2D eigenvalue weighted by Crippen LogP contribution is 2.46. The van der Waals surface area contributed by atoms with E-state index >= 15 is 0 Å². The maximum atomic E-state index is 10.6. The van der Waals surface area contributed by atoms with E-state index in [-0.39, 0.29) is 36.6 Å². The van der Waals surface area contributed by atoms with Gasteiger partial charge in [-0.3, -0.25) is 4.90 Å². The molecule has 0 unspecified atom stereocenters. The minimum absolute atomic E-state index is 0. The zero-order chi connectivity index (χ0) is 15.5. The SMILES string of the molecule is Cl.Cl.N#Cc1ccc(Br)c([C@@H](C2CCCC2)N2CCNCC2)c1O. The van der Waals surface area contributed by atoms with Crippen molar-refractivity contribution in [1.29, 1.82) is 5.26 Å². The normalized spacial score (nSPS) is 19.8. The Bertz CT molecular complexity index is 582. The molecule has 134 valence electrons. The molecule has 1 atom stereocenters. The average molecular weight is 437 g/mol. The summed E-state index contributed by atoms with van der Waals surface area (Å²) in [6.07, 6.45) is 4.95. The van der Waals surface area contributed by atoms with E-state index in [0.717, 1.165) is 36.2 Å². The summed E-state index contributed by atoms with van der Waals surface area (Å²) in [5.74, 6) is 0.724. The third-order valence-electron chi connectivity index (χ3n) is 4.97. The van der Waals surface area contributed by atoms with Crippen molar-refractivity contribution in [3.8, 4) is 11.8 Å². The lowest BCUT2D eigenvalue weighted by atomic mass is 9.88. The zero-order valence-corrected chi connectivity index (χ0v) is 16.7. The number of nitrogens with one attached hydrogen (secondary N) is 1. The maximum Gasteiger partial charge on any atom is 0.139 e. The summed E-state index contributed by atoms with van der Waals surface area (Å²) in [5, 5.41) is 23.3. The Morgan fingerprint density at radius 3 is 2.42 bits per heavy atom. The van der Waals surface area contributed by atoms with Gasteiger partial charge in [0.05, 0.1) is 5.56 Å². The molecule has 7 heteroatoms. The number of halogens is 3. The van der Waals surface area contributed by atoms with E-state index in [4.69, 9.17) is 0 Å². The second kappa shape index (κ2) is 9.84. The van der Waals surface area contributed by atoms with E-state index in [1.54, 1.807) is 6.07 Å². The molecule has 3 rings (SSSR count). The highest BCUT2D eigenvalue weighted by Gasteiger charge is 2.35. The lowest BCUT2D eigenvalue weighted by Gasteiger charge is -2.39. The lowest BCUT2D eigenvalue weighted by Crippen LogP contribution is -2.46. The molecule has 1 saturated carbocycles. The Hall–Kier alpha value is -0.510. The van der Waals surface area contributed by atoms with E-state index in [2.05, 4.69) is 32.2 Å². The first kappa shape index (κ1) is 21.5. The monoisotopic (exact) mass is 435 g/mol. The highest BCUT2D eigenvalue weighted by atomic mass is 79.9. The van der Waals surface area contributed by atoms with E-state index < -0.39 is 0 Å². The molecular formula is C17H24BrCl2N3O. The summed E-state index contributed by atoms with van der Waals surface area (Å²) in [6.45, 7) is 3.95. The van der Waals surface area contributed by atoms with Gasteiger partial charge in [-0.15, -0.1) is 24.8 Å². The van der Waals surface area contributed by atoms with Crippen molar-refractivity contribution in [1.82, 2.24) is 10.2 Å². The molecule has 1 saturated heterocycles. The van der Waals surface area contributed by atoms with E-state index in [1.807, 2.05) is 6.07 Å². The molecule has 2 N–H and O–H groups in total. The third-order valence-corrected chi connectivity index (χ3v) is 5.66. The van der Waals surface area contributed by atoms with Gasteiger partial charge in [-0.2, -0.15) is 5.26 Å². The number of aromatic hydroxyl groups is 1. The number of piperazine rings is 1. The molecule has 0 bridgehead atoms. The standard InChI is InChI=1S/C17H22BrN3O.2ClH/c18-14-6-5-13(11-19)17(22)15(14)16(12-3-1-2-4-12)21-9-7-20-8-10-21;;/h5-6,12,16,20,22H,1-4,7-10H2;2*1H/t16-;;/m1../s1. The van der Waals surface area contributed by atoms with Crippen LogP contribution in [0.4, 0.5) is 0 Å². The number of phenolic OH excluding ortho intramolecular Hbond substituents is 1. The van der Waals surface area contributed by atoms with Crippen LogP contribution >= 0.6 is 40.7 Å². The van der Waals surface area contributed by atoms with Crippen molar-refractivity contribution >= 4 is 40.7 Å². The van der Waals surface area contributed by atoms with Gasteiger partial charge in [0, 0.05) is 42.3 Å². The summed E-state index contributed by atoms with van der Waals surface area (Å²) in [5.41, 5.74) is 1.28. The summed E-state index contributed by atoms with van der Waals surface area (Å²) >= 11 is 3.61. The molecule has 2 aliphatic rings. The molecular weight excluding hydrogens is 413 g/mol. The zero-order valence-electron chi connectivity index (χ0n) is 13.5. The van der Waals surface area contributed by atoms with Gasteiger partial charge in [-0.25, -0.2) is 0 Å². The molecule has 0 amide bonds. The van der Waals surface area contributed by atoms with E-state index in [0.29, 0.717) is 11.5 Å². The molecule has 0 radical (unpaired) electrons. The Morgan fingerprint density at radius 2 is 1.83 bits per heavy atom. The van der Waals surface area contributed by atoms with Gasteiger partial charge in [0.15, 0.2) is 0 Å². The van der Waals surface area contributed by atoms with Crippen LogP contribution < -0.4 is 5.32 Å². The number of nitrogens with zero attached hydrogens (tertiary/aromatic N) is 2. The van der Waals surface area contributed by atoms with Crippen molar-refractivity contribution in [3.05, 3.63) is 27.7 Å². The maximum absolute atomic E-state index is 10.6. The van der Waals surface area contributed by atoms with Crippen LogP contribution in [-0.4, -0.2) is 36.2 Å². The molecule has 0 spiro atoms. The Morgan fingerprint density at radius 1 is 1.21 bits per heavy atom. The number of benzene rings is 1. The first-order valence-corrected chi connectivity index (χ1v) is 8.88. The molecule has 1 aliphatic heterocycles. The predicted octanol–water partition coefficient (Wildman–Crippen LogP) is 4.01. The number of rotatable bonds is 3. The Kier molecular flexibility index (Phi) is 8.83. The van der Waals surface area contributed by atoms with Crippen molar-refractivity contribution in [2.24, 2.45) is 5.92 Å². The van der Waals surface area contributed by atoms with Crippen LogP contribution in [0.25, 0.3) is 0 Å². The minimum Gasteiger partial charge on any atom is -0.506 e. The average Bonchev–Trinajstić information content (AvgIpc) is 3.06. The van der Waals surface area contributed by atoms with Gasteiger partial charge in [-0.1, -0.05) is 28.8 Å². The fraction of sp³-hybridized carbons (Fsp3) is 0.588. The second-order valence-corrected chi connectivity index (χ2v) is 7.10. The van der Waals surface area contributed by atoms with Gasteiger partial charge in [-0.05, 0) is 30.9 Å². The van der Waals surface area contributed by atoms with Crippen LogP contribution in [0.2, 0.25) is 0 Å². The molecule has 1 aliphatic carbocycles. The minimum atomic E-state index is 0. The Balaban J connectivity index is 0.00000144. The van der Waals surface area contributed by atoms with Crippen LogP contribution in [-0.2, 0) is 0 Å². The lowest BCUT2D eigenvalue weighted by molar-refractivity contribution is 0.122. The van der Waals surface area contributed by atoms with Crippen LogP contribution in [0.5, 0.6) is 5.75 Å². The molecule has 24 heavy (non-hydrogen) atoms. The summed E-state index contributed by atoms with van der Waals surface area (Å²) < 4.78 is 0.916. The molecule has 1 heterocycles. The third kappa shape index (κ3) is 4.36. The second-order valence-electron chi connectivity index (χ2n) is 6.24. The van der Waals surface area contributed by atoms with Crippen LogP contribution in [0.1, 0.15) is 42.9 Å². The van der Waals surface area contributed by atoms with Crippen molar-refractivity contribution in [2.45, 2.75) is 31.7 Å².